The predicted octanol–water partition coefficient (Wildman–Crippen LogP) is 3.90. The van der Waals surface area contributed by atoms with Crippen LogP contribution in [0.3, 0.4) is 0 Å². The van der Waals surface area contributed by atoms with Crippen LogP contribution in [0.5, 0.6) is 0 Å². The minimum Gasteiger partial charge on any atom is -0.457 e. The summed E-state index contributed by atoms with van der Waals surface area (Å²) in [6, 6.07) is 10.4. The summed E-state index contributed by atoms with van der Waals surface area (Å²) in [5, 5.41) is 2.57. The Morgan fingerprint density at radius 3 is 2.72 bits per heavy atom. The van der Waals surface area contributed by atoms with Crippen molar-refractivity contribution >= 4 is 33.3 Å². The fraction of sp³-hybridized carbons (Fsp3) is 0.111. The number of halogens is 2. The number of hydrogen-bond donors (Lipinski definition) is 1. The average Bonchev–Trinajstić information content (AvgIpc) is 3.07. The second-order valence-corrected chi connectivity index (χ2v) is 6.32. The number of hydrogen-bond acceptors (Lipinski definition) is 4. The third kappa shape index (κ3) is 3.51. The number of amides is 1. The second-order valence-electron chi connectivity index (χ2n) is 5.24. The highest BCUT2D eigenvalue weighted by Gasteiger charge is 2.16. The van der Waals surface area contributed by atoms with Gasteiger partial charge in [-0.2, -0.15) is 0 Å². The zero-order valence-electron chi connectivity index (χ0n) is 13.1. The summed E-state index contributed by atoms with van der Waals surface area (Å²) >= 11 is 1.03. The molecule has 0 saturated carbocycles. The molecule has 0 unspecified atom stereocenters. The smallest absolute Gasteiger partial charge is 0.348 e. The lowest BCUT2D eigenvalue weighted by molar-refractivity contribution is 0.0478. The van der Waals surface area contributed by atoms with Crippen LogP contribution >= 0.6 is 11.3 Å². The molecule has 0 aliphatic heterocycles. The van der Waals surface area contributed by atoms with Gasteiger partial charge in [-0.25, -0.2) is 13.6 Å². The van der Waals surface area contributed by atoms with Gasteiger partial charge in [0, 0.05) is 22.7 Å². The van der Waals surface area contributed by atoms with Crippen molar-refractivity contribution in [1.82, 2.24) is 5.32 Å². The molecule has 7 heteroatoms. The monoisotopic (exact) mass is 361 g/mol. The largest absolute Gasteiger partial charge is 0.457 e. The summed E-state index contributed by atoms with van der Waals surface area (Å²) in [5.74, 6) is -2.82. The topological polar surface area (TPSA) is 55.4 Å². The standard InChI is InChI=1S/C18H13F2NO3S/c1-21-17(22)11-4-2-3-10(7-11)9-24-18(23)15-8-12-14(25-15)6-5-13(19)16(12)20/h2-8H,9H2,1H3,(H,21,22). The van der Waals surface area contributed by atoms with Crippen molar-refractivity contribution in [2.24, 2.45) is 0 Å². The summed E-state index contributed by atoms with van der Waals surface area (Å²) in [7, 11) is 1.53. The Morgan fingerprint density at radius 1 is 1.16 bits per heavy atom. The van der Waals surface area contributed by atoms with Gasteiger partial charge in [-0.15, -0.1) is 11.3 Å². The van der Waals surface area contributed by atoms with Gasteiger partial charge in [-0.05, 0) is 35.9 Å². The summed E-state index contributed by atoms with van der Waals surface area (Å²) in [4.78, 5) is 23.9. The Balaban J connectivity index is 1.75. The quantitative estimate of drug-likeness (QED) is 0.717. The number of thiophene rings is 1. The van der Waals surface area contributed by atoms with Crippen LogP contribution in [0.25, 0.3) is 10.1 Å². The first kappa shape index (κ1) is 17.0. The molecule has 1 N–H and O–H groups in total. The molecule has 0 aliphatic rings. The summed E-state index contributed by atoms with van der Waals surface area (Å²) in [6.07, 6.45) is 0. The molecule has 128 valence electrons. The lowest BCUT2D eigenvalue weighted by Gasteiger charge is -2.05. The third-order valence-electron chi connectivity index (χ3n) is 3.58. The zero-order chi connectivity index (χ0) is 18.0. The van der Waals surface area contributed by atoms with E-state index in [0.717, 1.165) is 17.4 Å². The van der Waals surface area contributed by atoms with Crippen molar-refractivity contribution in [3.63, 3.8) is 0 Å². The molecule has 0 aliphatic carbocycles. The number of ether oxygens (including phenoxy) is 1. The fourth-order valence-corrected chi connectivity index (χ4v) is 3.27. The molecule has 1 heterocycles. The van der Waals surface area contributed by atoms with E-state index in [1.54, 1.807) is 24.3 Å². The van der Waals surface area contributed by atoms with Crippen LogP contribution in [-0.4, -0.2) is 18.9 Å². The molecule has 2 aromatic carbocycles. The minimum atomic E-state index is -0.980. The first-order chi connectivity index (χ1) is 12.0. The molecular weight excluding hydrogens is 348 g/mol. The van der Waals surface area contributed by atoms with Crippen molar-refractivity contribution in [3.8, 4) is 0 Å². The zero-order valence-corrected chi connectivity index (χ0v) is 14.0. The lowest BCUT2D eigenvalue weighted by atomic mass is 10.1. The molecule has 1 amide bonds. The van der Waals surface area contributed by atoms with Crippen LogP contribution in [0.4, 0.5) is 8.78 Å². The maximum Gasteiger partial charge on any atom is 0.348 e. The predicted molar refractivity (Wildman–Crippen MR) is 90.7 cm³/mol. The Hall–Kier alpha value is -2.80. The molecule has 3 aromatic rings. The maximum atomic E-state index is 13.7. The van der Waals surface area contributed by atoms with E-state index in [2.05, 4.69) is 5.32 Å². The maximum absolute atomic E-state index is 13.7. The van der Waals surface area contributed by atoms with Crippen LogP contribution in [-0.2, 0) is 11.3 Å². The molecule has 0 bridgehead atoms. The van der Waals surface area contributed by atoms with E-state index in [-0.39, 0.29) is 22.8 Å². The van der Waals surface area contributed by atoms with Crippen LogP contribution in [0, 0.1) is 11.6 Å². The molecule has 3 rings (SSSR count). The number of esters is 1. The Kier molecular flexibility index (Phi) is 4.76. The lowest BCUT2D eigenvalue weighted by Crippen LogP contribution is -2.17. The molecule has 4 nitrogen and oxygen atoms in total. The average molecular weight is 361 g/mol. The van der Waals surface area contributed by atoms with Crippen LogP contribution in [0.1, 0.15) is 25.6 Å². The first-order valence-electron chi connectivity index (χ1n) is 7.35. The van der Waals surface area contributed by atoms with Gasteiger partial charge < -0.3 is 10.1 Å². The third-order valence-corrected chi connectivity index (χ3v) is 4.66. The number of fused-ring (bicyclic) bond motifs is 1. The van der Waals surface area contributed by atoms with Crippen molar-refractivity contribution in [2.45, 2.75) is 6.61 Å². The summed E-state index contributed by atoms with van der Waals surface area (Å²) < 4.78 is 32.6. The number of rotatable bonds is 4. The van der Waals surface area contributed by atoms with E-state index in [4.69, 9.17) is 4.74 Å². The van der Waals surface area contributed by atoms with Gasteiger partial charge in [-0.3, -0.25) is 4.79 Å². The first-order valence-corrected chi connectivity index (χ1v) is 8.17. The van der Waals surface area contributed by atoms with Gasteiger partial charge in [-0.1, -0.05) is 12.1 Å². The molecule has 25 heavy (non-hydrogen) atoms. The second kappa shape index (κ2) is 6.98. The molecule has 0 fully saturated rings. The van der Waals surface area contributed by atoms with Crippen LogP contribution < -0.4 is 5.32 Å². The highest BCUT2D eigenvalue weighted by atomic mass is 32.1. The number of carbonyl (C=O) groups is 2. The highest BCUT2D eigenvalue weighted by Crippen LogP contribution is 2.29. The minimum absolute atomic E-state index is 0.0330. The molecule has 1 aromatic heterocycles. The molecule has 0 radical (unpaired) electrons. The SMILES string of the molecule is CNC(=O)c1cccc(COC(=O)c2cc3c(F)c(F)ccc3s2)c1. The Morgan fingerprint density at radius 2 is 1.96 bits per heavy atom. The Labute approximate surface area is 146 Å². The van der Waals surface area contributed by atoms with Crippen molar-refractivity contribution < 1.29 is 23.1 Å². The number of benzene rings is 2. The molecular formula is C18H13F2NO3S. The highest BCUT2D eigenvalue weighted by molar-refractivity contribution is 7.20. The summed E-state index contributed by atoms with van der Waals surface area (Å²) in [6.45, 7) is -0.0330. The van der Waals surface area contributed by atoms with Gasteiger partial charge >= 0.3 is 5.97 Å². The van der Waals surface area contributed by atoms with Crippen molar-refractivity contribution in [1.29, 1.82) is 0 Å². The van der Waals surface area contributed by atoms with E-state index in [1.807, 2.05) is 0 Å². The van der Waals surface area contributed by atoms with Gasteiger partial charge in [0.15, 0.2) is 11.6 Å². The summed E-state index contributed by atoms with van der Waals surface area (Å²) in [5.41, 5.74) is 1.10. The van der Waals surface area contributed by atoms with E-state index >= 15 is 0 Å². The number of nitrogens with one attached hydrogen (secondary N) is 1. The Bertz CT molecular complexity index is 968. The van der Waals surface area contributed by atoms with Gasteiger partial charge in [0.05, 0.1) is 0 Å². The van der Waals surface area contributed by atoms with E-state index < -0.39 is 17.6 Å². The van der Waals surface area contributed by atoms with E-state index in [9.17, 15) is 18.4 Å². The fourth-order valence-electron chi connectivity index (χ4n) is 2.32. The number of carbonyl (C=O) groups excluding carboxylic acids is 2. The van der Waals surface area contributed by atoms with Gasteiger partial charge in [0.25, 0.3) is 5.91 Å². The molecule has 0 spiro atoms. The van der Waals surface area contributed by atoms with E-state index in [0.29, 0.717) is 15.8 Å². The van der Waals surface area contributed by atoms with Crippen LogP contribution in [0.15, 0.2) is 42.5 Å². The molecule has 0 saturated heterocycles. The van der Waals surface area contributed by atoms with Gasteiger partial charge in [0.1, 0.15) is 11.5 Å². The normalized spacial score (nSPS) is 10.7. The van der Waals surface area contributed by atoms with Crippen molar-refractivity contribution in [3.05, 3.63) is 70.1 Å². The van der Waals surface area contributed by atoms with Gasteiger partial charge in [0.2, 0.25) is 0 Å². The van der Waals surface area contributed by atoms with E-state index in [1.165, 1.54) is 19.2 Å². The molecule has 0 atom stereocenters. The van der Waals surface area contributed by atoms with Crippen LogP contribution in [0.2, 0.25) is 0 Å². The van der Waals surface area contributed by atoms with Crippen molar-refractivity contribution in [2.75, 3.05) is 7.05 Å².